The number of aromatic nitrogens is 1. The van der Waals surface area contributed by atoms with Crippen molar-refractivity contribution < 1.29 is 13.9 Å². The minimum atomic E-state index is 0.492. The molecule has 0 saturated carbocycles. The fraction of sp³-hybridized carbons (Fsp3) is 0.467. The number of hydrogen-bond acceptors (Lipinski definition) is 7. The summed E-state index contributed by atoms with van der Waals surface area (Å²) in [5.74, 6) is 3.06. The second-order valence-electron chi connectivity index (χ2n) is 10.0. The molecule has 0 atom stereocenters. The van der Waals surface area contributed by atoms with Gasteiger partial charge >= 0.3 is 0 Å². The van der Waals surface area contributed by atoms with E-state index in [2.05, 4.69) is 28.0 Å². The van der Waals surface area contributed by atoms with Gasteiger partial charge in [0.2, 0.25) is 0 Å². The number of nitriles is 1. The fourth-order valence-corrected chi connectivity index (χ4v) is 5.29. The molecule has 0 radical (unpaired) electrons. The third-order valence-corrected chi connectivity index (χ3v) is 7.35. The van der Waals surface area contributed by atoms with E-state index in [0.29, 0.717) is 13.2 Å². The summed E-state index contributed by atoms with van der Waals surface area (Å²) < 4.78 is 17.9. The Labute approximate surface area is 219 Å². The van der Waals surface area contributed by atoms with Gasteiger partial charge in [-0.05, 0) is 81.9 Å². The second kappa shape index (κ2) is 11.8. The summed E-state index contributed by atoms with van der Waals surface area (Å²) in [5, 5.41) is 10.0. The molecule has 2 aliphatic heterocycles. The van der Waals surface area contributed by atoms with Crippen LogP contribution in [0, 0.1) is 18.3 Å². The summed E-state index contributed by atoms with van der Waals surface area (Å²) in [6.45, 7) is 8.37. The lowest BCUT2D eigenvalue weighted by Gasteiger charge is -2.26. The van der Waals surface area contributed by atoms with E-state index in [1.165, 1.54) is 31.5 Å². The average molecular weight is 501 g/mol. The Morgan fingerprint density at radius 1 is 1.05 bits per heavy atom. The zero-order valence-electron chi connectivity index (χ0n) is 22.0. The lowest BCUT2D eigenvalue weighted by molar-refractivity contribution is 0.254. The van der Waals surface area contributed by atoms with Gasteiger partial charge in [0.15, 0.2) is 17.3 Å². The van der Waals surface area contributed by atoms with Gasteiger partial charge in [-0.3, -0.25) is 4.90 Å². The van der Waals surface area contributed by atoms with Crippen LogP contribution in [0.5, 0.6) is 11.5 Å². The monoisotopic (exact) mass is 500 g/mol. The third kappa shape index (κ3) is 6.15. The van der Waals surface area contributed by atoms with Crippen LogP contribution in [0.15, 0.2) is 40.3 Å². The van der Waals surface area contributed by atoms with Crippen LogP contribution in [-0.2, 0) is 0 Å². The first-order valence-corrected chi connectivity index (χ1v) is 13.4. The number of aryl methyl sites for hydroxylation is 1. The number of likely N-dealkylation sites (tertiary alicyclic amines) is 2. The molecule has 5 rings (SSSR count). The highest BCUT2D eigenvalue weighted by atomic mass is 16.5. The Morgan fingerprint density at radius 2 is 1.86 bits per heavy atom. The maximum atomic E-state index is 9.02. The van der Waals surface area contributed by atoms with Crippen molar-refractivity contribution in [3.05, 3.63) is 47.2 Å². The van der Waals surface area contributed by atoms with Crippen molar-refractivity contribution in [2.75, 3.05) is 53.0 Å². The van der Waals surface area contributed by atoms with Crippen molar-refractivity contribution in [2.24, 2.45) is 0 Å². The topological polar surface area (TPSA) is 74.8 Å². The van der Waals surface area contributed by atoms with Gasteiger partial charge < -0.3 is 18.8 Å². The van der Waals surface area contributed by atoms with Crippen molar-refractivity contribution in [2.45, 2.75) is 39.0 Å². The van der Waals surface area contributed by atoms with E-state index in [0.717, 1.165) is 84.1 Å². The normalized spacial score (nSPS) is 16.7. The molecule has 4 heterocycles. The van der Waals surface area contributed by atoms with Gasteiger partial charge in [-0.15, -0.1) is 0 Å². The molecule has 7 nitrogen and oxygen atoms in total. The zero-order chi connectivity index (χ0) is 25.6. The molecular formula is C30H36N4O3. The smallest absolute Gasteiger partial charge is 0.163 e. The SMILES string of the molecule is COc1cc2c(C=C3CCN(CC#N)CC3)cc(-c3ccc(C)o3)nc2cc1OCCCN1CCCC1. The summed E-state index contributed by atoms with van der Waals surface area (Å²) >= 11 is 0. The number of rotatable bonds is 9. The second-order valence-corrected chi connectivity index (χ2v) is 10.0. The molecule has 2 fully saturated rings. The maximum absolute atomic E-state index is 9.02. The van der Waals surface area contributed by atoms with Gasteiger partial charge in [0.05, 0.1) is 31.8 Å². The molecule has 3 aromatic rings. The van der Waals surface area contributed by atoms with Gasteiger partial charge in [0.25, 0.3) is 0 Å². The highest BCUT2D eigenvalue weighted by molar-refractivity contribution is 5.92. The van der Waals surface area contributed by atoms with Gasteiger partial charge in [-0.2, -0.15) is 5.26 Å². The van der Waals surface area contributed by atoms with Gasteiger partial charge in [0, 0.05) is 31.1 Å². The molecule has 0 spiro atoms. The molecule has 2 aliphatic rings. The minimum absolute atomic E-state index is 0.492. The van der Waals surface area contributed by atoms with Crippen molar-refractivity contribution in [1.29, 1.82) is 5.26 Å². The van der Waals surface area contributed by atoms with Crippen LogP contribution >= 0.6 is 0 Å². The lowest BCUT2D eigenvalue weighted by atomic mass is 9.98. The van der Waals surface area contributed by atoms with Crippen molar-refractivity contribution in [1.82, 2.24) is 14.8 Å². The Kier molecular flexibility index (Phi) is 8.08. The van der Waals surface area contributed by atoms with E-state index in [1.54, 1.807) is 7.11 Å². The molecule has 194 valence electrons. The standard InChI is InChI=1S/C30H36N4O3/c1-22-6-7-28(37-22)27-19-24(18-23-8-14-34(15-9-23)16-10-31)25-20-29(35-2)30(21-26(25)32-27)36-17-5-13-33-11-3-4-12-33/h6-7,18-21H,3-5,8-9,11-17H2,1-2H3. The fourth-order valence-electron chi connectivity index (χ4n) is 5.29. The molecule has 0 bridgehead atoms. The Bertz CT molecular complexity index is 1290. The van der Waals surface area contributed by atoms with Gasteiger partial charge in [-0.1, -0.05) is 11.6 Å². The van der Waals surface area contributed by atoms with Crippen molar-refractivity contribution in [3.8, 4) is 29.0 Å². The Morgan fingerprint density at radius 3 is 2.57 bits per heavy atom. The number of ether oxygens (including phenoxy) is 2. The highest BCUT2D eigenvalue weighted by Gasteiger charge is 2.17. The maximum Gasteiger partial charge on any atom is 0.163 e. The molecular weight excluding hydrogens is 464 g/mol. The van der Waals surface area contributed by atoms with Crippen LogP contribution in [0.2, 0.25) is 0 Å². The van der Waals surface area contributed by atoms with Crippen LogP contribution in [0.3, 0.4) is 0 Å². The van der Waals surface area contributed by atoms with Crippen LogP contribution in [0.1, 0.15) is 43.4 Å². The van der Waals surface area contributed by atoms with E-state index >= 15 is 0 Å². The summed E-state index contributed by atoms with van der Waals surface area (Å²) in [6, 6.07) is 12.4. The number of hydrogen-bond donors (Lipinski definition) is 0. The summed E-state index contributed by atoms with van der Waals surface area (Å²) in [4.78, 5) is 9.67. The minimum Gasteiger partial charge on any atom is -0.493 e. The summed E-state index contributed by atoms with van der Waals surface area (Å²) in [5.41, 5.74) is 4.14. The molecule has 2 aromatic heterocycles. The highest BCUT2D eigenvalue weighted by Crippen LogP contribution is 2.36. The third-order valence-electron chi connectivity index (χ3n) is 7.35. The number of benzene rings is 1. The number of pyridine rings is 1. The first-order chi connectivity index (χ1) is 18.1. The summed E-state index contributed by atoms with van der Waals surface area (Å²) in [6.07, 6.45) is 7.79. The first-order valence-electron chi connectivity index (χ1n) is 13.4. The summed E-state index contributed by atoms with van der Waals surface area (Å²) in [7, 11) is 1.69. The van der Waals surface area contributed by atoms with Crippen LogP contribution in [0.25, 0.3) is 28.4 Å². The number of piperidine rings is 1. The number of fused-ring (bicyclic) bond motifs is 1. The van der Waals surface area contributed by atoms with E-state index in [4.69, 9.17) is 24.1 Å². The van der Waals surface area contributed by atoms with E-state index in [9.17, 15) is 0 Å². The zero-order valence-corrected chi connectivity index (χ0v) is 22.0. The van der Waals surface area contributed by atoms with E-state index < -0.39 is 0 Å². The van der Waals surface area contributed by atoms with Crippen LogP contribution < -0.4 is 9.47 Å². The Balaban J connectivity index is 1.45. The number of nitrogens with zero attached hydrogens (tertiary/aromatic N) is 4. The average Bonchev–Trinajstić information content (AvgIpc) is 3.59. The predicted molar refractivity (Wildman–Crippen MR) is 146 cm³/mol. The van der Waals surface area contributed by atoms with Crippen molar-refractivity contribution >= 4 is 17.0 Å². The molecule has 0 unspecified atom stereocenters. The van der Waals surface area contributed by atoms with Crippen LogP contribution in [-0.4, -0.2) is 67.8 Å². The van der Waals surface area contributed by atoms with Crippen LogP contribution in [0.4, 0.5) is 0 Å². The van der Waals surface area contributed by atoms with Crippen molar-refractivity contribution in [3.63, 3.8) is 0 Å². The molecule has 1 aromatic carbocycles. The predicted octanol–water partition coefficient (Wildman–Crippen LogP) is 5.68. The molecule has 2 saturated heterocycles. The number of furan rings is 1. The molecule has 0 N–H and O–H groups in total. The number of methoxy groups -OCH3 is 1. The molecule has 7 heteroatoms. The lowest BCUT2D eigenvalue weighted by Crippen LogP contribution is -2.30. The quantitative estimate of drug-likeness (QED) is 0.276. The molecule has 37 heavy (non-hydrogen) atoms. The molecule has 0 amide bonds. The van der Waals surface area contributed by atoms with Gasteiger partial charge in [0.1, 0.15) is 11.5 Å². The van der Waals surface area contributed by atoms with Gasteiger partial charge in [-0.25, -0.2) is 4.98 Å². The Hall–Kier alpha value is -3.34. The largest absolute Gasteiger partial charge is 0.493 e. The van der Waals surface area contributed by atoms with E-state index in [1.807, 2.05) is 31.2 Å². The first kappa shape index (κ1) is 25.3. The van der Waals surface area contributed by atoms with E-state index in [-0.39, 0.29) is 0 Å². The molecule has 0 aliphatic carbocycles.